The number of nitrogens with one attached hydrogen (secondary N) is 2. The van der Waals surface area contributed by atoms with Crippen molar-refractivity contribution in [2.45, 2.75) is 19.3 Å². The molecule has 0 saturated heterocycles. The minimum Gasteiger partial charge on any atom is -0.384 e. The van der Waals surface area contributed by atoms with Crippen molar-refractivity contribution >= 4 is 28.9 Å². The van der Waals surface area contributed by atoms with E-state index in [-0.39, 0.29) is 5.41 Å². The van der Waals surface area contributed by atoms with Gasteiger partial charge in [0.1, 0.15) is 6.07 Å². The molecular formula is C22H21ClN6O. The smallest absolute Gasteiger partial charge is 0.227 e. The maximum absolute atomic E-state index is 9.69. The molecule has 4 rings (SSSR count). The summed E-state index contributed by atoms with van der Waals surface area (Å²) < 4.78 is 5.44. The number of nitriles is 1. The van der Waals surface area contributed by atoms with Gasteiger partial charge in [-0.3, -0.25) is 4.98 Å². The predicted molar refractivity (Wildman–Crippen MR) is 117 cm³/mol. The van der Waals surface area contributed by atoms with Gasteiger partial charge in [-0.25, -0.2) is 9.97 Å². The Morgan fingerprint density at radius 3 is 2.93 bits per heavy atom. The Hall–Kier alpha value is -3.21. The summed E-state index contributed by atoms with van der Waals surface area (Å²) in [4.78, 5) is 13.2. The summed E-state index contributed by atoms with van der Waals surface area (Å²) in [6, 6.07) is 9.84. The number of aryl methyl sites for hydroxylation is 1. The summed E-state index contributed by atoms with van der Waals surface area (Å²) in [5.74, 6) is 0.427. The van der Waals surface area contributed by atoms with Crippen LogP contribution in [0, 0.1) is 18.3 Å². The van der Waals surface area contributed by atoms with Gasteiger partial charge in [0.05, 0.1) is 40.0 Å². The van der Waals surface area contributed by atoms with Crippen LogP contribution in [0.2, 0.25) is 5.02 Å². The van der Waals surface area contributed by atoms with Crippen LogP contribution in [0.1, 0.15) is 23.7 Å². The zero-order chi connectivity index (χ0) is 21.3. The lowest BCUT2D eigenvalue weighted by Crippen LogP contribution is -2.29. The van der Waals surface area contributed by atoms with E-state index in [0.29, 0.717) is 35.4 Å². The largest absolute Gasteiger partial charge is 0.384 e. The molecule has 2 aromatic heterocycles. The zero-order valence-electron chi connectivity index (χ0n) is 17.0. The summed E-state index contributed by atoms with van der Waals surface area (Å²) in [6.45, 7) is 5.28. The number of halogens is 1. The van der Waals surface area contributed by atoms with E-state index in [1.54, 1.807) is 25.6 Å². The van der Waals surface area contributed by atoms with Crippen molar-refractivity contribution in [1.29, 1.82) is 5.26 Å². The molecule has 0 radical (unpaired) electrons. The molecular weight excluding hydrogens is 400 g/mol. The number of hydrogen-bond donors (Lipinski definition) is 2. The Bertz CT molecular complexity index is 1160. The summed E-state index contributed by atoms with van der Waals surface area (Å²) >= 11 is 6.06. The van der Waals surface area contributed by atoms with Crippen LogP contribution in [0.3, 0.4) is 0 Å². The third kappa shape index (κ3) is 3.67. The van der Waals surface area contributed by atoms with Crippen LogP contribution < -0.4 is 10.6 Å². The van der Waals surface area contributed by atoms with E-state index in [1.807, 2.05) is 19.1 Å². The van der Waals surface area contributed by atoms with E-state index in [4.69, 9.17) is 16.3 Å². The second kappa shape index (κ2) is 7.90. The summed E-state index contributed by atoms with van der Waals surface area (Å²) in [5.41, 5.74) is 5.39. The molecule has 2 N–H and O–H groups in total. The molecule has 1 aliphatic rings. The first-order chi connectivity index (χ1) is 14.4. The molecule has 8 heteroatoms. The van der Waals surface area contributed by atoms with Crippen LogP contribution in [-0.4, -0.2) is 35.2 Å². The number of hydrogen-bond acceptors (Lipinski definition) is 7. The zero-order valence-corrected chi connectivity index (χ0v) is 17.7. The normalized spacial score (nSPS) is 17.2. The number of nitrogens with zero attached hydrogens (tertiary/aromatic N) is 4. The van der Waals surface area contributed by atoms with Gasteiger partial charge in [0, 0.05) is 37.0 Å². The van der Waals surface area contributed by atoms with Crippen LogP contribution in [-0.2, 0) is 10.2 Å². The topological polar surface area (TPSA) is 95.8 Å². The first kappa shape index (κ1) is 20.1. The number of fused-ring (bicyclic) bond motifs is 1. The highest BCUT2D eigenvalue weighted by Gasteiger charge is 2.36. The summed E-state index contributed by atoms with van der Waals surface area (Å²) in [5, 5.41) is 16.8. The van der Waals surface area contributed by atoms with Gasteiger partial charge in [0.15, 0.2) is 0 Å². The SMILES string of the molecule is COC[C@@]1(C)CNc2c(C#N)cc(-c3ccnc(Nc4cc(Cl)cnc4C)n3)cc21. The third-order valence-corrected chi connectivity index (χ3v) is 5.49. The van der Waals surface area contributed by atoms with Crippen LogP contribution >= 0.6 is 11.6 Å². The Morgan fingerprint density at radius 2 is 2.17 bits per heavy atom. The molecule has 0 spiro atoms. The van der Waals surface area contributed by atoms with Crippen molar-refractivity contribution in [3.8, 4) is 17.3 Å². The molecule has 152 valence electrons. The van der Waals surface area contributed by atoms with Gasteiger partial charge in [0.2, 0.25) is 5.95 Å². The fourth-order valence-corrected chi connectivity index (χ4v) is 3.86. The standard InChI is InChI=1S/C22H21ClN6O/c1-13-19(8-16(23)10-26-13)29-21-25-5-4-18(28-21)14-6-15(9-24)20-17(7-14)22(2,11-27-20)12-30-3/h4-8,10,27H,11-12H2,1-3H3,(H,25,28,29)/t22-/m1/s1. The first-order valence-corrected chi connectivity index (χ1v) is 9.85. The first-order valence-electron chi connectivity index (χ1n) is 9.47. The van der Waals surface area contributed by atoms with Crippen molar-refractivity contribution in [2.75, 3.05) is 30.9 Å². The predicted octanol–water partition coefficient (Wildman–Crippen LogP) is 4.45. The van der Waals surface area contributed by atoms with Gasteiger partial charge < -0.3 is 15.4 Å². The molecule has 0 fully saturated rings. The molecule has 3 aromatic rings. The highest BCUT2D eigenvalue weighted by atomic mass is 35.5. The van der Waals surface area contributed by atoms with Gasteiger partial charge in [0.25, 0.3) is 0 Å². The quantitative estimate of drug-likeness (QED) is 0.629. The van der Waals surface area contributed by atoms with Gasteiger partial charge in [-0.05, 0) is 36.8 Å². The lowest BCUT2D eigenvalue weighted by atomic mass is 9.83. The van der Waals surface area contributed by atoms with Crippen molar-refractivity contribution in [2.24, 2.45) is 0 Å². The Balaban J connectivity index is 1.74. The molecule has 30 heavy (non-hydrogen) atoms. The highest BCUT2D eigenvalue weighted by molar-refractivity contribution is 6.30. The molecule has 0 aliphatic carbocycles. The number of rotatable bonds is 5. The Morgan fingerprint density at radius 1 is 1.33 bits per heavy atom. The van der Waals surface area contributed by atoms with Crippen molar-refractivity contribution in [3.05, 3.63) is 58.5 Å². The second-order valence-corrected chi connectivity index (χ2v) is 8.02. The minimum atomic E-state index is -0.219. The van der Waals surface area contributed by atoms with Gasteiger partial charge in [-0.2, -0.15) is 5.26 Å². The average Bonchev–Trinajstić information content (AvgIpc) is 3.07. The summed E-state index contributed by atoms with van der Waals surface area (Å²) in [6.07, 6.45) is 3.28. The monoisotopic (exact) mass is 420 g/mol. The maximum Gasteiger partial charge on any atom is 0.227 e. The number of benzene rings is 1. The number of anilines is 3. The lowest BCUT2D eigenvalue weighted by Gasteiger charge is -2.23. The maximum atomic E-state index is 9.69. The fraction of sp³-hybridized carbons (Fsp3) is 0.273. The third-order valence-electron chi connectivity index (χ3n) is 5.28. The Kier molecular flexibility index (Phi) is 5.29. The van der Waals surface area contributed by atoms with E-state index >= 15 is 0 Å². The van der Waals surface area contributed by atoms with Crippen LogP contribution in [0.15, 0.2) is 36.7 Å². The van der Waals surface area contributed by atoms with Gasteiger partial charge in [-0.1, -0.05) is 18.5 Å². The van der Waals surface area contributed by atoms with E-state index in [1.165, 1.54) is 0 Å². The van der Waals surface area contributed by atoms with Crippen molar-refractivity contribution < 1.29 is 4.74 Å². The molecule has 1 atom stereocenters. The summed E-state index contributed by atoms with van der Waals surface area (Å²) in [7, 11) is 1.69. The van der Waals surface area contributed by atoms with Crippen molar-refractivity contribution in [1.82, 2.24) is 15.0 Å². The van der Waals surface area contributed by atoms with Crippen LogP contribution in [0.4, 0.5) is 17.3 Å². The average molecular weight is 421 g/mol. The van der Waals surface area contributed by atoms with Crippen LogP contribution in [0.25, 0.3) is 11.3 Å². The number of ether oxygens (including phenoxy) is 1. The highest BCUT2D eigenvalue weighted by Crippen LogP contribution is 2.41. The van der Waals surface area contributed by atoms with E-state index in [9.17, 15) is 5.26 Å². The molecule has 3 heterocycles. The lowest BCUT2D eigenvalue weighted by molar-refractivity contribution is 0.147. The van der Waals surface area contributed by atoms with Gasteiger partial charge >= 0.3 is 0 Å². The molecule has 0 unspecified atom stereocenters. The molecule has 1 aliphatic heterocycles. The van der Waals surface area contributed by atoms with E-state index in [0.717, 1.165) is 28.2 Å². The number of aromatic nitrogens is 3. The second-order valence-electron chi connectivity index (χ2n) is 7.58. The molecule has 7 nitrogen and oxygen atoms in total. The number of pyridine rings is 1. The molecule has 0 bridgehead atoms. The molecule has 0 saturated carbocycles. The molecule has 1 aromatic carbocycles. The van der Waals surface area contributed by atoms with Crippen LogP contribution in [0.5, 0.6) is 0 Å². The van der Waals surface area contributed by atoms with E-state index < -0.39 is 0 Å². The fourth-order valence-electron chi connectivity index (χ4n) is 3.70. The minimum absolute atomic E-state index is 0.219. The van der Waals surface area contributed by atoms with Gasteiger partial charge in [-0.15, -0.1) is 0 Å². The van der Waals surface area contributed by atoms with E-state index in [2.05, 4.69) is 44.6 Å². The van der Waals surface area contributed by atoms with Crippen molar-refractivity contribution in [3.63, 3.8) is 0 Å². The Labute approximate surface area is 180 Å². The number of methoxy groups -OCH3 is 1. The molecule has 0 amide bonds.